The van der Waals surface area contributed by atoms with E-state index in [4.69, 9.17) is 16.3 Å². The number of hydrogen-bond donors (Lipinski definition) is 0. The van der Waals surface area contributed by atoms with Gasteiger partial charge in [-0.15, -0.1) is 11.6 Å². The maximum Gasteiger partial charge on any atom is 0.173 e. The first kappa shape index (κ1) is 11.0. The highest BCUT2D eigenvalue weighted by molar-refractivity contribution is 6.33. The van der Waals surface area contributed by atoms with Crippen molar-refractivity contribution >= 4 is 17.4 Å². The van der Waals surface area contributed by atoms with Crippen molar-refractivity contribution in [3.05, 3.63) is 0 Å². The summed E-state index contributed by atoms with van der Waals surface area (Å²) < 4.78 is 5.45. The Morgan fingerprint density at radius 2 is 1.77 bits per heavy atom. The fourth-order valence-electron chi connectivity index (χ4n) is 2.05. The summed E-state index contributed by atoms with van der Waals surface area (Å²) in [7, 11) is 0. The molecule has 0 aliphatic heterocycles. The van der Waals surface area contributed by atoms with Crippen LogP contribution in [0.25, 0.3) is 0 Å². The molecular weight excluding hydrogens is 188 g/mol. The molecule has 2 nitrogen and oxygen atoms in total. The van der Waals surface area contributed by atoms with Crippen LogP contribution in [0, 0.1) is 5.41 Å². The molecule has 0 radical (unpaired) electrons. The van der Waals surface area contributed by atoms with Gasteiger partial charge in [-0.05, 0) is 20.8 Å². The van der Waals surface area contributed by atoms with Gasteiger partial charge in [-0.1, -0.05) is 13.8 Å². The molecule has 76 valence electrons. The summed E-state index contributed by atoms with van der Waals surface area (Å²) >= 11 is 6.33. The molecule has 13 heavy (non-hydrogen) atoms. The lowest BCUT2D eigenvalue weighted by Crippen LogP contribution is -2.76. The van der Waals surface area contributed by atoms with Crippen LogP contribution in [0.3, 0.4) is 0 Å². The molecule has 0 saturated heterocycles. The molecular formula is C10H17ClO2. The van der Waals surface area contributed by atoms with Crippen molar-refractivity contribution in [3.63, 3.8) is 0 Å². The minimum absolute atomic E-state index is 0.0966. The van der Waals surface area contributed by atoms with E-state index in [1.165, 1.54) is 0 Å². The SMILES string of the molecule is CCOC1(C)C(=O)C(C)(C)C1(C)Cl. The fraction of sp³-hybridized carbons (Fsp3) is 0.900. The molecule has 1 rings (SSSR count). The lowest BCUT2D eigenvalue weighted by atomic mass is 9.52. The molecule has 3 heteroatoms. The lowest BCUT2D eigenvalue weighted by molar-refractivity contribution is -0.189. The van der Waals surface area contributed by atoms with E-state index in [2.05, 4.69) is 0 Å². The third kappa shape index (κ3) is 1.02. The summed E-state index contributed by atoms with van der Waals surface area (Å²) in [5.41, 5.74) is -1.30. The van der Waals surface area contributed by atoms with Gasteiger partial charge in [0.1, 0.15) is 5.60 Å². The van der Waals surface area contributed by atoms with Gasteiger partial charge < -0.3 is 4.74 Å². The maximum absolute atomic E-state index is 11.8. The molecule has 0 N–H and O–H groups in total. The standard InChI is InChI=1S/C10H17ClO2/c1-6-13-9(4)7(12)8(2,3)10(9,5)11/h6H2,1-5H3. The van der Waals surface area contributed by atoms with E-state index in [0.717, 1.165) is 0 Å². The smallest absolute Gasteiger partial charge is 0.173 e. The van der Waals surface area contributed by atoms with Crippen LogP contribution in [0.2, 0.25) is 0 Å². The van der Waals surface area contributed by atoms with Crippen LogP contribution < -0.4 is 0 Å². The van der Waals surface area contributed by atoms with E-state index in [9.17, 15) is 4.79 Å². The number of alkyl halides is 1. The zero-order valence-electron chi connectivity index (χ0n) is 8.90. The van der Waals surface area contributed by atoms with E-state index >= 15 is 0 Å². The first-order valence-electron chi connectivity index (χ1n) is 4.59. The van der Waals surface area contributed by atoms with Gasteiger partial charge in [-0.3, -0.25) is 4.79 Å². The molecule has 0 heterocycles. The Balaban J connectivity index is 3.00. The predicted molar refractivity (Wildman–Crippen MR) is 53.1 cm³/mol. The monoisotopic (exact) mass is 204 g/mol. The van der Waals surface area contributed by atoms with Crippen molar-refractivity contribution < 1.29 is 9.53 Å². The number of carbonyl (C=O) groups excluding carboxylic acids is 1. The van der Waals surface area contributed by atoms with Gasteiger partial charge >= 0.3 is 0 Å². The molecule has 1 fully saturated rings. The molecule has 2 atom stereocenters. The van der Waals surface area contributed by atoms with Gasteiger partial charge in [-0.2, -0.15) is 0 Å². The molecule has 0 aromatic rings. The Labute approximate surface area is 84.6 Å². The Morgan fingerprint density at radius 1 is 1.31 bits per heavy atom. The quantitative estimate of drug-likeness (QED) is 0.646. The van der Waals surface area contributed by atoms with E-state index in [0.29, 0.717) is 6.61 Å². The largest absolute Gasteiger partial charge is 0.366 e. The number of ether oxygens (including phenoxy) is 1. The zero-order valence-corrected chi connectivity index (χ0v) is 9.66. The fourth-order valence-corrected chi connectivity index (χ4v) is 2.27. The summed E-state index contributed by atoms with van der Waals surface area (Å²) in [6.07, 6.45) is 0. The van der Waals surface area contributed by atoms with Crippen LogP contribution in [0.4, 0.5) is 0 Å². The highest BCUT2D eigenvalue weighted by Crippen LogP contribution is 2.58. The van der Waals surface area contributed by atoms with Gasteiger partial charge in [0.25, 0.3) is 0 Å². The summed E-state index contributed by atoms with van der Waals surface area (Å²) in [5.74, 6) is 0.0966. The molecule has 1 saturated carbocycles. The second-order valence-corrected chi connectivity index (χ2v) is 5.18. The molecule has 0 spiro atoms. The summed E-state index contributed by atoms with van der Waals surface area (Å²) in [4.78, 5) is 11.2. The predicted octanol–water partition coefficient (Wildman–Crippen LogP) is 2.39. The van der Waals surface area contributed by atoms with Crippen LogP contribution in [-0.4, -0.2) is 22.9 Å². The minimum Gasteiger partial charge on any atom is -0.366 e. The summed E-state index contributed by atoms with van der Waals surface area (Å²) in [6, 6.07) is 0. The van der Waals surface area contributed by atoms with E-state index in [1.54, 1.807) is 6.92 Å². The maximum atomic E-state index is 11.8. The Kier molecular flexibility index (Phi) is 2.29. The van der Waals surface area contributed by atoms with Gasteiger partial charge in [0, 0.05) is 12.0 Å². The Hall–Kier alpha value is -0.0800. The highest BCUT2D eigenvalue weighted by Gasteiger charge is 2.72. The van der Waals surface area contributed by atoms with Gasteiger partial charge in [0.15, 0.2) is 5.78 Å². The molecule has 1 aliphatic carbocycles. The Morgan fingerprint density at radius 3 is 2.08 bits per heavy atom. The van der Waals surface area contributed by atoms with Crippen molar-refractivity contribution in [2.75, 3.05) is 6.61 Å². The van der Waals surface area contributed by atoms with Gasteiger partial charge in [-0.25, -0.2) is 0 Å². The topological polar surface area (TPSA) is 26.3 Å². The number of rotatable bonds is 2. The van der Waals surface area contributed by atoms with Crippen molar-refractivity contribution in [1.82, 2.24) is 0 Å². The van der Waals surface area contributed by atoms with E-state index in [-0.39, 0.29) is 5.78 Å². The summed E-state index contributed by atoms with van der Waals surface area (Å²) in [6.45, 7) is 9.76. The van der Waals surface area contributed by atoms with E-state index < -0.39 is 15.9 Å². The van der Waals surface area contributed by atoms with Crippen molar-refractivity contribution in [2.24, 2.45) is 5.41 Å². The summed E-state index contributed by atoms with van der Waals surface area (Å²) in [5, 5.41) is 0. The lowest BCUT2D eigenvalue weighted by Gasteiger charge is -2.60. The first-order chi connectivity index (χ1) is 5.72. The first-order valence-corrected chi connectivity index (χ1v) is 4.97. The van der Waals surface area contributed by atoms with Crippen LogP contribution in [0.1, 0.15) is 34.6 Å². The van der Waals surface area contributed by atoms with Crippen LogP contribution in [0.5, 0.6) is 0 Å². The molecule has 1 aliphatic rings. The molecule has 0 bridgehead atoms. The molecule has 0 aromatic carbocycles. The number of Topliss-reactive ketones (excluding diaryl/α,β-unsaturated/α-hetero) is 1. The van der Waals surface area contributed by atoms with Gasteiger partial charge in [0.2, 0.25) is 0 Å². The number of ketones is 1. The van der Waals surface area contributed by atoms with Gasteiger partial charge in [0.05, 0.1) is 4.87 Å². The highest BCUT2D eigenvalue weighted by atomic mass is 35.5. The molecule has 0 amide bonds. The van der Waals surface area contributed by atoms with Crippen molar-refractivity contribution in [3.8, 4) is 0 Å². The molecule has 0 aromatic heterocycles. The normalized spacial score (nSPS) is 43.1. The van der Waals surface area contributed by atoms with Crippen molar-refractivity contribution in [2.45, 2.75) is 45.1 Å². The average molecular weight is 205 g/mol. The van der Waals surface area contributed by atoms with E-state index in [1.807, 2.05) is 27.7 Å². The number of carbonyl (C=O) groups is 1. The second kappa shape index (κ2) is 2.71. The average Bonchev–Trinajstić information content (AvgIpc) is 2.02. The number of hydrogen-bond acceptors (Lipinski definition) is 2. The van der Waals surface area contributed by atoms with Crippen LogP contribution in [0.15, 0.2) is 0 Å². The van der Waals surface area contributed by atoms with Crippen molar-refractivity contribution in [1.29, 1.82) is 0 Å². The minimum atomic E-state index is -0.813. The second-order valence-electron chi connectivity index (χ2n) is 4.42. The Bertz CT molecular complexity index is 245. The molecule has 2 unspecified atom stereocenters. The van der Waals surface area contributed by atoms with Crippen LogP contribution in [-0.2, 0) is 9.53 Å². The third-order valence-corrected chi connectivity index (χ3v) is 4.34. The zero-order chi connectivity index (χ0) is 10.5. The third-order valence-electron chi connectivity index (χ3n) is 3.50. The van der Waals surface area contributed by atoms with Crippen LogP contribution >= 0.6 is 11.6 Å². The number of halogens is 1.